The van der Waals surface area contributed by atoms with Gasteiger partial charge in [0.2, 0.25) is 5.91 Å². The number of nitrogens with zero attached hydrogens (tertiary/aromatic N) is 4. The maximum atomic E-state index is 12.0. The Balaban J connectivity index is 0.000000206. The molecular weight excluding hydrogens is 466 g/mol. The van der Waals surface area contributed by atoms with E-state index in [4.69, 9.17) is 4.74 Å². The molecule has 1 aliphatic heterocycles. The Morgan fingerprint density at radius 1 is 1.22 bits per heavy atom. The summed E-state index contributed by atoms with van der Waals surface area (Å²) >= 11 is 0. The van der Waals surface area contributed by atoms with E-state index in [1.54, 1.807) is 11.8 Å². The number of H-pyrrole nitrogens is 1. The number of likely N-dealkylation sites (tertiary alicyclic amines) is 1. The van der Waals surface area contributed by atoms with Crippen LogP contribution >= 0.6 is 0 Å². The van der Waals surface area contributed by atoms with E-state index in [1.165, 1.54) is 5.56 Å². The predicted molar refractivity (Wildman–Crippen MR) is 151 cm³/mol. The lowest BCUT2D eigenvalue weighted by atomic mass is 10.2. The number of rotatable bonds is 9. The summed E-state index contributed by atoms with van der Waals surface area (Å²) < 4.78 is 6.99. The number of hydrogen-bond donors (Lipinski definition) is 3. The second kappa shape index (κ2) is 13.6. The Hall–Kier alpha value is -3.69. The second-order valence-electron chi connectivity index (χ2n) is 9.46. The molecule has 9 heteroatoms. The Morgan fingerprint density at radius 2 is 1.97 bits per heavy atom. The normalized spacial score (nSPS) is 15.0. The van der Waals surface area contributed by atoms with Gasteiger partial charge in [0.25, 0.3) is 0 Å². The molecule has 4 rings (SSSR count). The first kappa shape index (κ1) is 27.9. The van der Waals surface area contributed by atoms with E-state index in [1.807, 2.05) is 76.4 Å². The van der Waals surface area contributed by atoms with Gasteiger partial charge >= 0.3 is 0 Å². The third-order valence-corrected chi connectivity index (χ3v) is 5.87. The molecule has 198 valence electrons. The number of amides is 1. The van der Waals surface area contributed by atoms with Crippen LogP contribution in [0, 0.1) is 13.8 Å². The van der Waals surface area contributed by atoms with E-state index in [9.17, 15) is 4.79 Å². The molecule has 1 amide bonds. The Bertz CT molecular complexity index is 1190. The van der Waals surface area contributed by atoms with Crippen molar-refractivity contribution in [3.05, 3.63) is 72.2 Å². The molecular formula is C28H39N7O2. The molecule has 3 N–H and O–H groups in total. The van der Waals surface area contributed by atoms with Crippen LogP contribution in [0.3, 0.4) is 0 Å². The molecule has 0 spiro atoms. The lowest BCUT2D eigenvalue weighted by molar-refractivity contribution is -0.117. The number of ether oxygens (including phenoxy) is 1. The van der Waals surface area contributed by atoms with E-state index >= 15 is 0 Å². The molecule has 3 aromatic rings. The van der Waals surface area contributed by atoms with Gasteiger partial charge in [0.05, 0.1) is 24.5 Å². The average Bonchev–Trinajstić information content (AvgIpc) is 3.58. The van der Waals surface area contributed by atoms with Crippen molar-refractivity contribution in [3.8, 4) is 0 Å². The summed E-state index contributed by atoms with van der Waals surface area (Å²) in [5, 5.41) is 17.5. The van der Waals surface area contributed by atoms with E-state index in [-0.39, 0.29) is 5.91 Å². The van der Waals surface area contributed by atoms with Crippen LogP contribution in [-0.2, 0) is 9.53 Å². The number of aromatic amines is 1. The zero-order valence-electron chi connectivity index (χ0n) is 22.5. The summed E-state index contributed by atoms with van der Waals surface area (Å²) in [6, 6.07) is 14.1. The molecule has 1 aromatic carbocycles. The van der Waals surface area contributed by atoms with Crippen LogP contribution in [0.5, 0.6) is 0 Å². The molecule has 9 nitrogen and oxygen atoms in total. The van der Waals surface area contributed by atoms with Crippen molar-refractivity contribution >= 4 is 28.8 Å². The van der Waals surface area contributed by atoms with Crippen LogP contribution in [-0.4, -0.2) is 64.2 Å². The van der Waals surface area contributed by atoms with Crippen molar-refractivity contribution in [1.82, 2.24) is 19.8 Å². The summed E-state index contributed by atoms with van der Waals surface area (Å²) in [4.78, 5) is 14.2. The summed E-state index contributed by atoms with van der Waals surface area (Å²) in [6.45, 7) is 14.0. The van der Waals surface area contributed by atoms with Crippen molar-refractivity contribution in [2.75, 3.05) is 37.4 Å². The molecule has 2 aromatic heterocycles. The minimum absolute atomic E-state index is 0.0480. The number of methoxy groups -OCH3 is 1. The highest BCUT2D eigenvalue weighted by Gasteiger charge is 2.25. The van der Waals surface area contributed by atoms with Gasteiger partial charge in [-0.1, -0.05) is 24.3 Å². The van der Waals surface area contributed by atoms with Crippen molar-refractivity contribution in [2.24, 2.45) is 5.10 Å². The maximum Gasteiger partial charge on any atom is 0.238 e. The number of nitrogens with one attached hydrogen (secondary N) is 3. The van der Waals surface area contributed by atoms with Crippen LogP contribution in [0.4, 0.5) is 11.5 Å². The smallest absolute Gasteiger partial charge is 0.238 e. The number of carbonyl (C=O) groups excluding carboxylic acids is 1. The minimum Gasteiger partial charge on any atom is -0.383 e. The van der Waals surface area contributed by atoms with Gasteiger partial charge in [0.1, 0.15) is 0 Å². The zero-order valence-corrected chi connectivity index (χ0v) is 22.5. The van der Waals surface area contributed by atoms with Gasteiger partial charge in [0.15, 0.2) is 5.82 Å². The highest BCUT2D eigenvalue weighted by atomic mass is 16.5. The molecule has 0 aliphatic carbocycles. The molecule has 1 fully saturated rings. The van der Waals surface area contributed by atoms with Gasteiger partial charge < -0.3 is 15.4 Å². The summed E-state index contributed by atoms with van der Waals surface area (Å²) in [6.07, 6.45) is 4.16. The molecule has 37 heavy (non-hydrogen) atoms. The van der Waals surface area contributed by atoms with Crippen molar-refractivity contribution in [3.63, 3.8) is 0 Å². The van der Waals surface area contributed by atoms with Gasteiger partial charge in [-0.2, -0.15) is 10.2 Å². The van der Waals surface area contributed by atoms with Gasteiger partial charge in [-0.05, 0) is 71.3 Å². The molecule has 0 bridgehead atoms. The highest BCUT2D eigenvalue weighted by Crippen LogP contribution is 2.18. The number of aromatic nitrogens is 3. The van der Waals surface area contributed by atoms with E-state index < -0.39 is 0 Å². The fraction of sp³-hybridized carbons (Fsp3) is 0.393. The number of carbonyl (C=O) groups is 1. The summed E-state index contributed by atoms with van der Waals surface area (Å²) in [7, 11) is 1.71. The second-order valence-corrected chi connectivity index (χ2v) is 9.46. The minimum atomic E-state index is 0.0480. The van der Waals surface area contributed by atoms with Crippen LogP contribution < -0.4 is 10.6 Å². The number of benzene rings is 1. The van der Waals surface area contributed by atoms with Crippen LogP contribution in [0.2, 0.25) is 0 Å². The molecule has 1 aliphatic rings. The van der Waals surface area contributed by atoms with Crippen molar-refractivity contribution < 1.29 is 9.53 Å². The largest absolute Gasteiger partial charge is 0.383 e. The highest BCUT2D eigenvalue weighted by molar-refractivity contribution is 5.92. The summed E-state index contributed by atoms with van der Waals surface area (Å²) in [5.74, 6) is 0.800. The first-order valence-electron chi connectivity index (χ1n) is 12.5. The monoisotopic (exact) mass is 505 g/mol. The first-order valence-corrected chi connectivity index (χ1v) is 12.5. The fourth-order valence-electron chi connectivity index (χ4n) is 4.12. The van der Waals surface area contributed by atoms with Gasteiger partial charge in [0, 0.05) is 42.5 Å². The SMILES string of the molecule is C=C(Nc1cc(C)[nH]n1)c1cccn1N=C(C)C.COCC1CCCN1CC(=O)Nc1ccc(C)cc1. The molecule has 1 atom stereocenters. The lowest BCUT2D eigenvalue weighted by Gasteiger charge is -2.23. The maximum absolute atomic E-state index is 12.0. The van der Waals surface area contributed by atoms with Crippen LogP contribution in [0.25, 0.3) is 5.70 Å². The van der Waals surface area contributed by atoms with Crippen LogP contribution in [0.15, 0.2) is 60.3 Å². The van der Waals surface area contributed by atoms with Gasteiger partial charge in [-0.3, -0.25) is 14.8 Å². The predicted octanol–water partition coefficient (Wildman–Crippen LogP) is 4.89. The molecule has 3 heterocycles. The first-order chi connectivity index (χ1) is 17.7. The number of anilines is 2. The average molecular weight is 506 g/mol. The quantitative estimate of drug-likeness (QED) is 0.360. The van der Waals surface area contributed by atoms with Crippen molar-refractivity contribution in [1.29, 1.82) is 0 Å². The molecule has 1 unspecified atom stereocenters. The molecule has 1 saturated heterocycles. The van der Waals surface area contributed by atoms with E-state index in [0.29, 0.717) is 19.2 Å². The van der Waals surface area contributed by atoms with E-state index in [2.05, 4.69) is 37.4 Å². The zero-order chi connectivity index (χ0) is 26.8. The Morgan fingerprint density at radius 3 is 2.62 bits per heavy atom. The third-order valence-electron chi connectivity index (χ3n) is 5.87. The standard InChI is InChI=1S/C15H22N2O2.C13H17N5/c1-12-5-7-13(8-6-12)16-15(18)10-17-9-3-4-14(17)11-19-2;1-9(2)17-18-7-5-6-12(18)11(4)14-13-8-10(3)15-16-13/h5-8,14H,3-4,9-11H2,1-2H3,(H,16,18);5-8H,4H2,1-3H3,(H2,14,15,16). The topological polar surface area (TPSA) is 99.6 Å². The summed E-state index contributed by atoms with van der Waals surface area (Å²) in [5.41, 5.74) is 5.71. The number of aryl methyl sites for hydroxylation is 2. The fourth-order valence-corrected chi connectivity index (χ4v) is 4.12. The Kier molecular flexibility index (Phi) is 10.2. The molecule has 0 saturated carbocycles. The lowest BCUT2D eigenvalue weighted by Crippen LogP contribution is -2.38. The number of hydrogen-bond acceptors (Lipinski definition) is 6. The van der Waals surface area contributed by atoms with Crippen molar-refractivity contribution in [2.45, 2.75) is 46.6 Å². The Labute approximate surface area is 219 Å². The third kappa shape index (κ3) is 8.73. The van der Waals surface area contributed by atoms with E-state index in [0.717, 1.165) is 53.7 Å². The van der Waals surface area contributed by atoms with Gasteiger partial charge in [-0.15, -0.1) is 0 Å². The van der Waals surface area contributed by atoms with Gasteiger partial charge in [-0.25, -0.2) is 4.68 Å². The van der Waals surface area contributed by atoms with Crippen LogP contribution in [0.1, 0.15) is 43.6 Å². The molecule has 0 radical (unpaired) electrons.